The molecule has 0 spiro atoms. The number of hydrogen-bond donors (Lipinski definition) is 1. The van der Waals surface area contributed by atoms with E-state index < -0.39 is 18.5 Å². The standard InChI is InChI=1S/C28H22N4O4/c29-17-23-18-30-32(24-9-5-2-6-10-24)28(23)31-26(34)19-36-27(35)16-15-25(33)22-13-11-21(12-14-22)20-7-3-1-4-8-20/h1-14,18H,15-16,19H2,(H,31,34). The quantitative estimate of drug-likeness (QED) is 0.279. The molecule has 0 radical (unpaired) electrons. The zero-order chi connectivity index (χ0) is 25.3. The minimum atomic E-state index is -0.670. The van der Waals surface area contributed by atoms with Crippen LogP contribution < -0.4 is 5.32 Å². The van der Waals surface area contributed by atoms with Gasteiger partial charge in [-0.25, -0.2) is 4.68 Å². The van der Waals surface area contributed by atoms with E-state index in [0.29, 0.717) is 11.3 Å². The van der Waals surface area contributed by atoms with Crippen molar-refractivity contribution in [2.24, 2.45) is 0 Å². The molecule has 36 heavy (non-hydrogen) atoms. The lowest BCUT2D eigenvalue weighted by Gasteiger charge is -2.10. The van der Waals surface area contributed by atoms with Crippen molar-refractivity contribution in [3.8, 4) is 22.9 Å². The average molecular weight is 479 g/mol. The Morgan fingerprint density at radius 2 is 1.50 bits per heavy atom. The van der Waals surface area contributed by atoms with Gasteiger partial charge in [-0.2, -0.15) is 10.4 Å². The first kappa shape index (κ1) is 24.1. The Morgan fingerprint density at radius 1 is 0.861 bits per heavy atom. The minimum absolute atomic E-state index is 0.0372. The number of nitrogens with one attached hydrogen (secondary N) is 1. The summed E-state index contributed by atoms with van der Waals surface area (Å²) in [5.41, 5.74) is 3.36. The van der Waals surface area contributed by atoms with Crippen LogP contribution in [-0.2, 0) is 14.3 Å². The molecule has 178 valence electrons. The largest absolute Gasteiger partial charge is 0.456 e. The maximum atomic E-state index is 12.5. The normalized spacial score (nSPS) is 10.3. The molecule has 0 aliphatic rings. The topological polar surface area (TPSA) is 114 Å². The number of para-hydroxylation sites is 1. The molecule has 0 saturated heterocycles. The van der Waals surface area contributed by atoms with Gasteiger partial charge in [-0.1, -0.05) is 72.8 Å². The van der Waals surface area contributed by atoms with E-state index in [1.54, 1.807) is 36.4 Å². The fourth-order valence-corrected chi connectivity index (χ4v) is 3.54. The monoisotopic (exact) mass is 478 g/mol. The number of nitriles is 1. The lowest BCUT2D eigenvalue weighted by atomic mass is 10.0. The number of carbonyl (C=O) groups is 3. The molecule has 0 atom stereocenters. The maximum Gasteiger partial charge on any atom is 0.306 e. The molecular weight excluding hydrogens is 456 g/mol. The van der Waals surface area contributed by atoms with Crippen LogP contribution in [0.3, 0.4) is 0 Å². The number of hydrogen-bond acceptors (Lipinski definition) is 6. The molecule has 0 bridgehead atoms. The van der Waals surface area contributed by atoms with Gasteiger partial charge < -0.3 is 10.1 Å². The molecule has 0 fully saturated rings. The van der Waals surface area contributed by atoms with Crippen molar-refractivity contribution in [2.45, 2.75) is 12.8 Å². The van der Waals surface area contributed by atoms with Gasteiger partial charge in [0.15, 0.2) is 18.2 Å². The number of Topliss-reactive ketones (excluding diaryl/α,β-unsaturated/α-hetero) is 1. The summed E-state index contributed by atoms with van der Waals surface area (Å²) in [6.07, 6.45) is 1.15. The molecule has 3 aromatic carbocycles. The smallest absolute Gasteiger partial charge is 0.306 e. The molecule has 1 N–H and O–H groups in total. The number of nitrogens with zero attached hydrogens (tertiary/aromatic N) is 3. The van der Waals surface area contributed by atoms with Crippen molar-refractivity contribution in [3.63, 3.8) is 0 Å². The van der Waals surface area contributed by atoms with Gasteiger partial charge in [0, 0.05) is 12.0 Å². The molecule has 1 heterocycles. The van der Waals surface area contributed by atoms with Crippen LogP contribution in [0.15, 0.2) is 91.1 Å². The molecular formula is C28H22N4O4. The summed E-state index contributed by atoms with van der Waals surface area (Å²) >= 11 is 0. The predicted octanol–water partition coefficient (Wildman–Crippen LogP) is 4.56. The highest BCUT2D eigenvalue weighted by Gasteiger charge is 2.17. The van der Waals surface area contributed by atoms with Gasteiger partial charge in [0.05, 0.1) is 18.3 Å². The zero-order valence-electron chi connectivity index (χ0n) is 19.3. The molecule has 1 aromatic heterocycles. The second kappa shape index (κ2) is 11.4. The van der Waals surface area contributed by atoms with Gasteiger partial charge in [-0.05, 0) is 23.3 Å². The average Bonchev–Trinajstić information content (AvgIpc) is 3.34. The van der Waals surface area contributed by atoms with Gasteiger partial charge in [0.2, 0.25) is 0 Å². The molecule has 0 aliphatic carbocycles. The maximum absolute atomic E-state index is 12.5. The molecule has 4 aromatic rings. The van der Waals surface area contributed by atoms with Crippen LogP contribution in [0.4, 0.5) is 5.82 Å². The predicted molar refractivity (Wildman–Crippen MR) is 133 cm³/mol. The Kier molecular flexibility index (Phi) is 7.63. The molecule has 8 nitrogen and oxygen atoms in total. The number of amides is 1. The number of ketones is 1. The second-order valence-corrected chi connectivity index (χ2v) is 7.84. The van der Waals surface area contributed by atoms with Crippen molar-refractivity contribution < 1.29 is 19.1 Å². The van der Waals surface area contributed by atoms with Crippen LogP contribution in [0.2, 0.25) is 0 Å². The highest BCUT2D eigenvalue weighted by molar-refractivity contribution is 5.98. The van der Waals surface area contributed by atoms with Crippen molar-refractivity contribution in [1.82, 2.24) is 9.78 Å². The number of carbonyl (C=O) groups excluding carboxylic acids is 3. The van der Waals surface area contributed by atoms with E-state index in [9.17, 15) is 19.6 Å². The summed E-state index contributed by atoms with van der Waals surface area (Å²) in [5.74, 6) is -1.31. The van der Waals surface area contributed by atoms with E-state index in [1.165, 1.54) is 10.9 Å². The molecule has 4 rings (SSSR count). The van der Waals surface area contributed by atoms with Gasteiger partial charge in [0.25, 0.3) is 5.91 Å². The van der Waals surface area contributed by atoms with E-state index in [0.717, 1.165) is 11.1 Å². The van der Waals surface area contributed by atoms with Gasteiger partial charge in [-0.15, -0.1) is 0 Å². The molecule has 8 heteroatoms. The van der Waals surface area contributed by atoms with E-state index in [1.807, 2.05) is 54.6 Å². The molecule has 0 unspecified atom stereocenters. The van der Waals surface area contributed by atoms with E-state index in [2.05, 4.69) is 10.4 Å². The Bertz CT molecular complexity index is 1410. The number of rotatable bonds is 9. The lowest BCUT2D eigenvalue weighted by Crippen LogP contribution is -2.23. The van der Waals surface area contributed by atoms with Gasteiger partial charge in [-0.3, -0.25) is 14.4 Å². The van der Waals surface area contributed by atoms with Crippen molar-refractivity contribution in [3.05, 3.63) is 102 Å². The van der Waals surface area contributed by atoms with Crippen LogP contribution in [0.25, 0.3) is 16.8 Å². The van der Waals surface area contributed by atoms with Crippen molar-refractivity contribution >= 4 is 23.5 Å². The summed E-state index contributed by atoms with van der Waals surface area (Å²) < 4.78 is 6.44. The SMILES string of the molecule is N#Cc1cnn(-c2ccccc2)c1NC(=O)COC(=O)CCC(=O)c1ccc(-c2ccccc2)cc1. The number of anilines is 1. The Hall–Kier alpha value is -5.03. The van der Waals surface area contributed by atoms with E-state index in [-0.39, 0.29) is 30.0 Å². The third-order valence-electron chi connectivity index (χ3n) is 5.38. The Morgan fingerprint density at radius 3 is 2.17 bits per heavy atom. The summed E-state index contributed by atoms with van der Waals surface area (Å²) in [4.78, 5) is 36.9. The van der Waals surface area contributed by atoms with Crippen molar-refractivity contribution in [2.75, 3.05) is 11.9 Å². The fourth-order valence-electron chi connectivity index (χ4n) is 3.54. The minimum Gasteiger partial charge on any atom is -0.456 e. The fraction of sp³-hybridized carbons (Fsp3) is 0.107. The van der Waals surface area contributed by atoms with E-state index >= 15 is 0 Å². The Balaban J connectivity index is 1.27. The van der Waals surface area contributed by atoms with E-state index in [4.69, 9.17) is 4.74 Å². The summed E-state index contributed by atoms with van der Waals surface area (Å²) in [6.45, 7) is -0.552. The zero-order valence-corrected chi connectivity index (χ0v) is 19.3. The Labute approximate surface area is 207 Å². The first-order chi connectivity index (χ1) is 17.5. The number of esters is 1. The van der Waals surface area contributed by atoms with Gasteiger partial charge >= 0.3 is 5.97 Å². The summed E-state index contributed by atoms with van der Waals surface area (Å²) in [7, 11) is 0. The lowest BCUT2D eigenvalue weighted by molar-refractivity contribution is -0.147. The van der Waals surface area contributed by atoms with Gasteiger partial charge in [0.1, 0.15) is 11.6 Å². The van der Waals surface area contributed by atoms with Crippen LogP contribution in [-0.4, -0.2) is 34.0 Å². The first-order valence-corrected chi connectivity index (χ1v) is 11.2. The second-order valence-electron chi connectivity index (χ2n) is 7.84. The molecule has 0 aliphatic heterocycles. The van der Waals surface area contributed by atoms with Crippen molar-refractivity contribution in [1.29, 1.82) is 5.26 Å². The number of aromatic nitrogens is 2. The van der Waals surface area contributed by atoms with Crippen LogP contribution in [0.1, 0.15) is 28.8 Å². The highest BCUT2D eigenvalue weighted by Crippen LogP contribution is 2.21. The first-order valence-electron chi connectivity index (χ1n) is 11.2. The highest BCUT2D eigenvalue weighted by atomic mass is 16.5. The van der Waals surface area contributed by atoms with Crippen LogP contribution >= 0.6 is 0 Å². The van der Waals surface area contributed by atoms with Crippen LogP contribution in [0, 0.1) is 11.3 Å². The summed E-state index contributed by atoms with van der Waals surface area (Å²) in [5, 5.41) is 16.0. The third-order valence-corrected chi connectivity index (χ3v) is 5.38. The number of benzene rings is 3. The summed E-state index contributed by atoms with van der Waals surface area (Å²) in [6, 6.07) is 27.9. The third kappa shape index (κ3) is 5.90. The number of ether oxygens (including phenoxy) is 1. The molecule has 0 saturated carbocycles. The molecule has 1 amide bonds. The van der Waals surface area contributed by atoms with Crippen LogP contribution in [0.5, 0.6) is 0 Å².